The molecular formula is C29H40O3. The molecule has 3 aliphatic rings. The van der Waals surface area contributed by atoms with Crippen LogP contribution in [-0.4, -0.2) is 19.2 Å². The molecule has 1 aromatic rings. The molecule has 3 nitrogen and oxygen atoms in total. The van der Waals surface area contributed by atoms with Gasteiger partial charge < -0.3 is 9.47 Å². The fourth-order valence-electron chi connectivity index (χ4n) is 5.57. The zero-order chi connectivity index (χ0) is 22.9. The predicted molar refractivity (Wildman–Crippen MR) is 130 cm³/mol. The summed E-state index contributed by atoms with van der Waals surface area (Å²) in [5.74, 6) is 2.21. The SMILES string of the molecule is CCOC(=O)/C=C(C)/C=C/[C@@H]1C[C@]1(C)c1cc(CC2CCCCC2)c2c(c1)C(C)(C)CO2. The third-order valence-electron chi connectivity index (χ3n) is 7.89. The summed E-state index contributed by atoms with van der Waals surface area (Å²) in [6, 6.07) is 4.89. The molecule has 0 spiro atoms. The number of hydrogen-bond donors (Lipinski definition) is 0. The van der Waals surface area contributed by atoms with E-state index in [1.54, 1.807) is 6.08 Å². The molecule has 0 radical (unpaired) electrons. The smallest absolute Gasteiger partial charge is 0.330 e. The molecule has 2 fully saturated rings. The van der Waals surface area contributed by atoms with Gasteiger partial charge in [-0.15, -0.1) is 0 Å². The van der Waals surface area contributed by atoms with Crippen molar-refractivity contribution in [3.05, 3.63) is 52.6 Å². The van der Waals surface area contributed by atoms with Crippen LogP contribution in [0.4, 0.5) is 0 Å². The van der Waals surface area contributed by atoms with E-state index in [4.69, 9.17) is 9.47 Å². The van der Waals surface area contributed by atoms with Gasteiger partial charge in [-0.05, 0) is 60.6 Å². The molecule has 0 unspecified atom stereocenters. The van der Waals surface area contributed by atoms with Crippen molar-refractivity contribution in [2.75, 3.05) is 13.2 Å². The van der Waals surface area contributed by atoms with Crippen molar-refractivity contribution in [3.63, 3.8) is 0 Å². The third-order valence-corrected chi connectivity index (χ3v) is 7.89. The zero-order valence-electron chi connectivity index (χ0n) is 20.6. The highest BCUT2D eigenvalue weighted by Crippen LogP contribution is 2.57. The van der Waals surface area contributed by atoms with E-state index in [0.717, 1.165) is 30.9 Å². The molecule has 0 N–H and O–H groups in total. The average molecular weight is 437 g/mol. The van der Waals surface area contributed by atoms with Crippen molar-refractivity contribution in [3.8, 4) is 5.75 Å². The molecule has 174 valence electrons. The molecule has 2 aliphatic carbocycles. The van der Waals surface area contributed by atoms with Gasteiger partial charge in [-0.2, -0.15) is 0 Å². The standard InChI is InChI=1S/C29H40O3/c1-6-31-26(30)14-20(2)12-13-23-18-29(23,5)24-16-22(15-21-10-8-7-9-11-21)27-25(17-24)28(3,4)19-32-27/h12-14,16-17,21,23H,6-11,15,18-19H2,1-5H3/b13-12+,20-14+/t23-,29+/m1/s1. The maximum Gasteiger partial charge on any atom is 0.330 e. The highest BCUT2D eigenvalue weighted by atomic mass is 16.5. The Hall–Kier alpha value is -2.03. The van der Waals surface area contributed by atoms with E-state index in [1.165, 1.54) is 54.5 Å². The summed E-state index contributed by atoms with van der Waals surface area (Å²) in [4.78, 5) is 11.7. The van der Waals surface area contributed by atoms with E-state index in [9.17, 15) is 4.79 Å². The molecular weight excluding hydrogens is 396 g/mol. The lowest BCUT2D eigenvalue weighted by atomic mass is 9.79. The summed E-state index contributed by atoms with van der Waals surface area (Å²) in [6.07, 6.45) is 15.1. The van der Waals surface area contributed by atoms with Crippen LogP contribution in [-0.2, 0) is 26.8 Å². The molecule has 1 aromatic carbocycles. The van der Waals surface area contributed by atoms with Gasteiger partial charge in [-0.3, -0.25) is 0 Å². The lowest BCUT2D eigenvalue weighted by Gasteiger charge is -2.24. The summed E-state index contributed by atoms with van der Waals surface area (Å²) in [7, 11) is 0. The molecule has 0 aromatic heterocycles. The fraction of sp³-hybridized carbons (Fsp3) is 0.621. The van der Waals surface area contributed by atoms with Crippen molar-refractivity contribution in [2.24, 2.45) is 11.8 Å². The van der Waals surface area contributed by atoms with E-state index in [1.807, 2.05) is 13.8 Å². The monoisotopic (exact) mass is 436 g/mol. The summed E-state index contributed by atoms with van der Waals surface area (Å²) in [5, 5.41) is 0. The quantitative estimate of drug-likeness (QED) is 0.267. The van der Waals surface area contributed by atoms with Gasteiger partial charge in [0, 0.05) is 17.1 Å². The van der Waals surface area contributed by atoms with Gasteiger partial charge in [0.15, 0.2) is 0 Å². The van der Waals surface area contributed by atoms with E-state index >= 15 is 0 Å². The normalized spacial score (nSPS) is 27.3. The van der Waals surface area contributed by atoms with Crippen molar-refractivity contribution in [1.29, 1.82) is 0 Å². The first-order valence-corrected chi connectivity index (χ1v) is 12.6. The topological polar surface area (TPSA) is 35.5 Å². The number of benzene rings is 1. The van der Waals surface area contributed by atoms with Gasteiger partial charge in [0.25, 0.3) is 0 Å². The minimum absolute atomic E-state index is 0.0716. The average Bonchev–Trinajstić information content (AvgIpc) is 3.32. The van der Waals surface area contributed by atoms with Gasteiger partial charge in [-0.1, -0.05) is 77.2 Å². The van der Waals surface area contributed by atoms with E-state index < -0.39 is 0 Å². The molecule has 4 rings (SSSR count). The van der Waals surface area contributed by atoms with Crippen LogP contribution in [0.2, 0.25) is 0 Å². The highest BCUT2D eigenvalue weighted by molar-refractivity contribution is 5.83. The number of hydrogen-bond acceptors (Lipinski definition) is 3. The number of allylic oxidation sites excluding steroid dienone is 3. The molecule has 1 heterocycles. The Bertz CT molecular complexity index is 917. The predicted octanol–water partition coefficient (Wildman–Crippen LogP) is 6.82. The maximum absolute atomic E-state index is 11.7. The summed E-state index contributed by atoms with van der Waals surface area (Å²) in [6.45, 7) is 12.0. The largest absolute Gasteiger partial charge is 0.492 e. The van der Waals surface area contributed by atoms with E-state index in [0.29, 0.717) is 12.5 Å². The Morgan fingerprint density at radius 2 is 1.94 bits per heavy atom. The Morgan fingerprint density at radius 3 is 2.66 bits per heavy atom. The van der Waals surface area contributed by atoms with Gasteiger partial charge in [0.05, 0.1) is 13.2 Å². The maximum atomic E-state index is 11.7. The second kappa shape index (κ2) is 9.08. The minimum Gasteiger partial charge on any atom is -0.492 e. The van der Waals surface area contributed by atoms with Crippen LogP contribution in [0, 0.1) is 11.8 Å². The number of rotatable bonds is 7. The van der Waals surface area contributed by atoms with E-state index in [2.05, 4.69) is 45.1 Å². The van der Waals surface area contributed by atoms with Crippen LogP contribution in [0.15, 0.2) is 35.9 Å². The zero-order valence-corrected chi connectivity index (χ0v) is 20.6. The van der Waals surface area contributed by atoms with Crippen LogP contribution in [0.5, 0.6) is 5.75 Å². The number of esters is 1. The molecule has 3 heteroatoms. The molecule has 1 aliphatic heterocycles. The third kappa shape index (κ3) is 4.82. The molecule has 0 bridgehead atoms. The van der Waals surface area contributed by atoms with Crippen LogP contribution < -0.4 is 4.74 Å². The number of carbonyl (C=O) groups is 1. The Morgan fingerprint density at radius 1 is 1.19 bits per heavy atom. The second-order valence-electron chi connectivity index (χ2n) is 11.1. The van der Waals surface area contributed by atoms with Gasteiger partial charge in [0.2, 0.25) is 0 Å². The van der Waals surface area contributed by atoms with Gasteiger partial charge in [0.1, 0.15) is 5.75 Å². The Labute approximate surface area is 194 Å². The minimum atomic E-state index is -0.263. The van der Waals surface area contributed by atoms with Crippen molar-refractivity contribution >= 4 is 5.97 Å². The van der Waals surface area contributed by atoms with Gasteiger partial charge in [-0.25, -0.2) is 4.79 Å². The van der Waals surface area contributed by atoms with Crippen molar-refractivity contribution in [2.45, 2.75) is 90.4 Å². The number of carbonyl (C=O) groups excluding carboxylic acids is 1. The summed E-state index contributed by atoms with van der Waals surface area (Å²) >= 11 is 0. The van der Waals surface area contributed by atoms with Crippen LogP contribution in [0.25, 0.3) is 0 Å². The number of fused-ring (bicyclic) bond motifs is 1. The number of ether oxygens (including phenoxy) is 2. The van der Waals surface area contributed by atoms with Crippen LogP contribution in [0.1, 0.15) is 89.8 Å². The van der Waals surface area contributed by atoms with Crippen LogP contribution >= 0.6 is 0 Å². The van der Waals surface area contributed by atoms with Crippen LogP contribution in [0.3, 0.4) is 0 Å². The van der Waals surface area contributed by atoms with Crippen molar-refractivity contribution < 1.29 is 14.3 Å². The molecule has 0 amide bonds. The summed E-state index contributed by atoms with van der Waals surface area (Å²) < 4.78 is 11.3. The first-order valence-electron chi connectivity index (χ1n) is 12.6. The molecule has 32 heavy (non-hydrogen) atoms. The van der Waals surface area contributed by atoms with Gasteiger partial charge >= 0.3 is 5.97 Å². The molecule has 0 saturated heterocycles. The lowest BCUT2D eigenvalue weighted by molar-refractivity contribution is -0.137. The Kier molecular flexibility index (Phi) is 6.56. The molecule has 2 atom stereocenters. The first-order chi connectivity index (χ1) is 15.2. The Balaban J connectivity index is 1.56. The lowest BCUT2D eigenvalue weighted by Crippen LogP contribution is -2.19. The highest BCUT2D eigenvalue weighted by Gasteiger charge is 2.50. The first kappa shape index (κ1) is 23.1. The van der Waals surface area contributed by atoms with Crippen molar-refractivity contribution in [1.82, 2.24) is 0 Å². The second-order valence-corrected chi connectivity index (χ2v) is 11.1. The van der Waals surface area contributed by atoms with E-state index in [-0.39, 0.29) is 16.8 Å². The summed E-state index contributed by atoms with van der Waals surface area (Å²) in [5.41, 5.74) is 5.47. The fourth-order valence-corrected chi connectivity index (χ4v) is 5.57. The molecule has 2 saturated carbocycles.